The van der Waals surface area contributed by atoms with Crippen LogP contribution in [0.15, 0.2) is 97.1 Å². The van der Waals surface area contributed by atoms with E-state index in [2.05, 4.69) is 0 Å². The minimum atomic E-state index is -1.65. The summed E-state index contributed by atoms with van der Waals surface area (Å²) in [5.41, 5.74) is 0.137. The first kappa shape index (κ1) is 61.1. The van der Waals surface area contributed by atoms with Gasteiger partial charge in [0.15, 0.2) is 9.74 Å². The minimum Gasteiger partial charge on any atom is -0.497 e. The van der Waals surface area contributed by atoms with Crippen LogP contribution in [0.2, 0.25) is 0 Å². The normalized spacial score (nSPS) is 34.3. The molecule has 2 aliphatic carbocycles. The molecule has 0 radical (unpaired) electrons. The Morgan fingerprint density at radius 1 is 0.471 bits per heavy atom. The Kier molecular flexibility index (Phi) is 14.5. The number of aryl methyl sites for hydroxylation is 3. The maximum absolute atomic E-state index is 15.2. The Bertz CT molecular complexity index is 3570. The first-order valence-electron chi connectivity index (χ1n) is 29.5. The third kappa shape index (κ3) is 8.48. The first-order valence-corrected chi connectivity index (χ1v) is 33.0. The number of methoxy groups -OCH3 is 1. The van der Waals surface area contributed by atoms with E-state index < -0.39 is 98.6 Å². The number of carbonyl (C=O) groups excluding carboxylic acids is 8. The van der Waals surface area contributed by atoms with Gasteiger partial charge in [-0.3, -0.25) is 28.8 Å². The lowest BCUT2D eigenvalue weighted by molar-refractivity contribution is -0.187. The third-order valence-corrected chi connectivity index (χ3v) is 28.9. The van der Waals surface area contributed by atoms with Crippen molar-refractivity contribution < 1.29 is 62.0 Å². The van der Waals surface area contributed by atoms with Crippen LogP contribution in [-0.4, -0.2) is 146 Å². The molecule has 87 heavy (non-hydrogen) atoms. The molecular formula is C66H74N4O13S4. The summed E-state index contributed by atoms with van der Waals surface area (Å²) in [5, 5.41) is 0. The molecule has 8 saturated heterocycles. The molecule has 10 fully saturated rings. The molecule has 14 rings (SSSR count). The Hall–Kier alpha value is -6.16. The quantitative estimate of drug-likeness (QED) is 0.0760. The molecule has 0 spiro atoms. The van der Waals surface area contributed by atoms with Gasteiger partial charge < -0.3 is 43.3 Å². The number of hydrogen-bond acceptors (Lipinski definition) is 17. The van der Waals surface area contributed by atoms with Crippen LogP contribution in [-0.2, 0) is 83.0 Å². The highest BCUT2D eigenvalue weighted by Gasteiger charge is 2.79. The molecule has 21 heteroatoms. The van der Waals surface area contributed by atoms with Crippen LogP contribution in [0.25, 0.3) is 0 Å². The summed E-state index contributed by atoms with van der Waals surface area (Å²) in [7, 11) is 8.09. The number of fused-ring (bicyclic) bond motifs is 12. The van der Waals surface area contributed by atoms with Crippen molar-refractivity contribution in [2.24, 2.45) is 21.7 Å². The minimum absolute atomic E-state index is 0.189. The molecule has 8 aliphatic heterocycles. The Morgan fingerprint density at radius 3 is 1.13 bits per heavy atom. The lowest BCUT2D eigenvalue weighted by Gasteiger charge is -2.51. The second kappa shape index (κ2) is 20.7. The topological polar surface area (TPSA) is 196 Å². The van der Waals surface area contributed by atoms with Crippen LogP contribution in [0.5, 0.6) is 5.75 Å². The number of piperazine rings is 2. The van der Waals surface area contributed by atoms with Crippen molar-refractivity contribution in [2.75, 3.05) is 48.5 Å². The predicted octanol–water partition coefficient (Wildman–Crippen LogP) is 9.21. The standard InChI is InChI=1S/C66H74N4O13S4/c1-39-13-25-44(26-14-39)47-84-63(49(71)69(10)65(86-47,51(73)67(63)8)37-80-55(77)61-33-31-59(6,53(75)82-61)57(61,2)3)35-42-21-17-40(18-22-42)15-16-41-19-23-43(24-20-41)36-64-50(72)70(11)66(52(74)68(64)9,87-48(85-64)45-27-29-46(79-12)30-28-45)38-81-56(78)62-34-32-60(7,54(76)83-62)58(62,4)5/h13-14,17-30,47-48H,15-16,31-38H2,1-12H3/t47?,48?,59-,60-,61+,62+,63-,64-,65-,66-/m0/s1. The van der Waals surface area contributed by atoms with E-state index >= 15 is 19.2 Å². The van der Waals surface area contributed by atoms with E-state index in [4.69, 9.17) is 23.7 Å². The van der Waals surface area contributed by atoms with E-state index in [0.717, 1.165) is 38.9 Å². The van der Waals surface area contributed by atoms with Crippen molar-refractivity contribution in [2.45, 2.75) is 140 Å². The Labute approximate surface area is 524 Å². The molecule has 460 valence electrons. The van der Waals surface area contributed by atoms with Crippen LogP contribution < -0.4 is 4.74 Å². The highest BCUT2D eigenvalue weighted by Crippen LogP contribution is 2.69. The largest absolute Gasteiger partial charge is 0.497 e. The molecule has 10 aliphatic rings. The van der Waals surface area contributed by atoms with Gasteiger partial charge in [-0.2, -0.15) is 0 Å². The number of nitrogens with zero attached hydrogens (tertiary/aromatic N) is 4. The molecule has 2 unspecified atom stereocenters. The van der Waals surface area contributed by atoms with Crippen LogP contribution in [0.4, 0.5) is 0 Å². The maximum atomic E-state index is 15.2. The number of esters is 4. The Morgan fingerprint density at radius 2 is 0.793 bits per heavy atom. The average molecular weight is 1260 g/mol. The van der Waals surface area contributed by atoms with Crippen molar-refractivity contribution >= 4 is 94.6 Å². The van der Waals surface area contributed by atoms with Gasteiger partial charge in [-0.25, -0.2) is 9.59 Å². The first-order chi connectivity index (χ1) is 41.0. The van der Waals surface area contributed by atoms with E-state index in [-0.39, 0.29) is 36.5 Å². The van der Waals surface area contributed by atoms with Gasteiger partial charge in [0, 0.05) is 51.9 Å². The second-order valence-electron chi connectivity index (χ2n) is 26.4. The monoisotopic (exact) mass is 1260 g/mol. The van der Waals surface area contributed by atoms with E-state index in [1.807, 2.05) is 146 Å². The summed E-state index contributed by atoms with van der Waals surface area (Å²) in [6.45, 7) is 12.1. The number of thioether (sulfide) groups is 4. The highest BCUT2D eigenvalue weighted by molar-refractivity contribution is 8.19. The molecule has 4 aromatic rings. The molecule has 4 aromatic carbocycles. The number of ether oxygens (including phenoxy) is 5. The molecule has 8 bridgehead atoms. The van der Waals surface area contributed by atoms with Crippen LogP contribution in [0, 0.1) is 28.6 Å². The zero-order valence-corrected chi connectivity index (χ0v) is 54.5. The maximum Gasteiger partial charge on any atom is 0.351 e. The highest BCUT2D eigenvalue weighted by atomic mass is 32.2. The van der Waals surface area contributed by atoms with Gasteiger partial charge >= 0.3 is 23.9 Å². The molecule has 0 aromatic heterocycles. The molecule has 2 saturated carbocycles. The SMILES string of the molecule is COc1ccc(C2S[C@@]3(COC(=O)[C@@]45CC[C@@](C)(C(=O)O4)C5(C)C)C(=O)N(C)[C@@](Cc4ccc(CCc5ccc(C[C@@]67SC(c8ccc(C)cc8)S[C@@](COC(=O)[C@@]89CC[C@@](C)(C(=O)O8)C9(C)C)(C(=O)N6C)N(C)C7=O)cc5)cc4)(S2)C(=O)N3C)cc1. The molecule has 10 atom stereocenters. The molecule has 4 amide bonds. The fourth-order valence-corrected chi connectivity index (χ4v) is 22.2. The zero-order valence-electron chi connectivity index (χ0n) is 51.2. The van der Waals surface area contributed by atoms with E-state index in [9.17, 15) is 19.2 Å². The van der Waals surface area contributed by atoms with Gasteiger partial charge in [0.25, 0.3) is 23.6 Å². The number of amides is 4. The summed E-state index contributed by atoms with van der Waals surface area (Å²) in [5.74, 6) is -3.04. The van der Waals surface area contributed by atoms with Gasteiger partial charge in [0.1, 0.15) is 19.0 Å². The van der Waals surface area contributed by atoms with Crippen LogP contribution >= 0.6 is 47.0 Å². The lowest BCUT2D eigenvalue weighted by atomic mass is 9.66. The van der Waals surface area contributed by atoms with Crippen LogP contribution in [0.3, 0.4) is 0 Å². The summed E-state index contributed by atoms with van der Waals surface area (Å²) >= 11 is 5.35. The van der Waals surface area contributed by atoms with Crippen molar-refractivity contribution in [3.63, 3.8) is 0 Å². The van der Waals surface area contributed by atoms with Crippen molar-refractivity contribution in [1.29, 1.82) is 0 Å². The van der Waals surface area contributed by atoms with Gasteiger partial charge in [-0.1, -0.05) is 118 Å². The van der Waals surface area contributed by atoms with Gasteiger partial charge in [-0.05, 0) is 105 Å². The van der Waals surface area contributed by atoms with Gasteiger partial charge in [0.05, 0.1) is 27.1 Å². The van der Waals surface area contributed by atoms with Crippen molar-refractivity contribution in [3.05, 3.63) is 136 Å². The van der Waals surface area contributed by atoms with Crippen molar-refractivity contribution in [3.8, 4) is 5.75 Å². The fourth-order valence-electron chi connectivity index (χ4n) is 14.6. The number of likely N-dealkylation sites (N-methyl/N-ethyl adjacent to an activating group) is 4. The smallest absolute Gasteiger partial charge is 0.351 e. The number of rotatable bonds is 16. The summed E-state index contributed by atoms with van der Waals surface area (Å²) in [6, 6.07) is 31.7. The summed E-state index contributed by atoms with van der Waals surface area (Å²) in [4.78, 5) is 115. The summed E-state index contributed by atoms with van der Waals surface area (Å²) < 4.78 is 28.6. The van der Waals surface area contributed by atoms with Crippen LogP contribution in [0.1, 0.15) is 115 Å². The molecular weight excluding hydrogens is 1190 g/mol. The number of carbonyl (C=O) groups is 8. The number of benzene rings is 4. The second-order valence-corrected chi connectivity index (χ2v) is 32.5. The molecule has 8 heterocycles. The lowest BCUT2D eigenvalue weighted by Crippen LogP contribution is -2.73. The molecule has 0 N–H and O–H groups in total. The van der Waals surface area contributed by atoms with Crippen molar-refractivity contribution in [1.82, 2.24) is 19.6 Å². The zero-order chi connectivity index (χ0) is 62.5. The summed E-state index contributed by atoms with van der Waals surface area (Å²) in [6.07, 6.45) is 3.30. The molecule has 17 nitrogen and oxygen atoms in total. The predicted molar refractivity (Wildman–Crippen MR) is 332 cm³/mol. The average Bonchev–Trinajstić information content (AvgIpc) is 1.57. The fraction of sp³-hybridized carbons (Fsp3) is 0.515. The third-order valence-electron chi connectivity index (χ3n) is 21.9. The Balaban J connectivity index is 0.746. The van der Waals surface area contributed by atoms with E-state index in [1.165, 1.54) is 66.6 Å². The van der Waals surface area contributed by atoms with Gasteiger partial charge in [0.2, 0.25) is 20.9 Å². The van der Waals surface area contributed by atoms with E-state index in [0.29, 0.717) is 44.3 Å². The van der Waals surface area contributed by atoms with Gasteiger partial charge in [-0.15, -0.1) is 47.0 Å². The van der Waals surface area contributed by atoms with E-state index in [1.54, 1.807) is 35.3 Å². The number of hydrogen-bond donors (Lipinski definition) is 0.